The molecule has 1 N–H and O–H groups in total. The Morgan fingerprint density at radius 1 is 1.37 bits per heavy atom. The lowest BCUT2D eigenvalue weighted by Gasteiger charge is -2.09. The van der Waals surface area contributed by atoms with E-state index in [1.807, 2.05) is 24.3 Å². The van der Waals surface area contributed by atoms with Gasteiger partial charge in [0, 0.05) is 18.0 Å². The van der Waals surface area contributed by atoms with Crippen molar-refractivity contribution >= 4 is 11.6 Å². The zero-order valence-electron chi connectivity index (χ0n) is 11.2. The summed E-state index contributed by atoms with van der Waals surface area (Å²) in [4.78, 5) is 4.38. The van der Waals surface area contributed by atoms with Crippen molar-refractivity contribution in [3.8, 4) is 11.4 Å². The molecule has 0 spiro atoms. The van der Waals surface area contributed by atoms with Crippen molar-refractivity contribution < 1.29 is 4.52 Å². The van der Waals surface area contributed by atoms with E-state index in [-0.39, 0.29) is 0 Å². The average molecular weight is 280 g/mol. The Morgan fingerprint density at radius 2 is 2.16 bits per heavy atom. The summed E-state index contributed by atoms with van der Waals surface area (Å²) in [5.41, 5.74) is 0.805. The molecule has 0 fully saturated rings. The van der Waals surface area contributed by atoms with Gasteiger partial charge in [0.1, 0.15) is 0 Å². The standard InChI is InChI=1S/C14H18ClN3O/c1-3-16-10(2)8-9-13-17-14(18-19-13)11-6-4-5-7-12(11)15/h4-7,10,16H,3,8-9H2,1-2H3. The van der Waals surface area contributed by atoms with E-state index in [9.17, 15) is 0 Å². The van der Waals surface area contributed by atoms with Crippen molar-refractivity contribution in [1.29, 1.82) is 0 Å². The van der Waals surface area contributed by atoms with E-state index < -0.39 is 0 Å². The maximum Gasteiger partial charge on any atom is 0.227 e. The molecular weight excluding hydrogens is 262 g/mol. The minimum absolute atomic E-state index is 0.445. The maximum absolute atomic E-state index is 6.11. The highest BCUT2D eigenvalue weighted by Crippen LogP contribution is 2.25. The van der Waals surface area contributed by atoms with Gasteiger partial charge >= 0.3 is 0 Å². The van der Waals surface area contributed by atoms with Crippen molar-refractivity contribution in [2.24, 2.45) is 0 Å². The lowest BCUT2D eigenvalue weighted by atomic mass is 10.2. The normalized spacial score (nSPS) is 12.6. The quantitative estimate of drug-likeness (QED) is 0.881. The van der Waals surface area contributed by atoms with Crippen molar-refractivity contribution in [3.05, 3.63) is 35.2 Å². The highest BCUT2D eigenvalue weighted by Gasteiger charge is 2.12. The zero-order chi connectivity index (χ0) is 13.7. The lowest BCUT2D eigenvalue weighted by Crippen LogP contribution is -2.25. The molecule has 5 heteroatoms. The third kappa shape index (κ3) is 3.78. The Hall–Kier alpha value is -1.39. The second kappa shape index (κ2) is 6.68. The van der Waals surface area contributed by atoms with Crippen LogP contribution < -0.4 is 5.32 Å². The summed E-state index contributed by atoms with van der Waals surface area (Å²) in [5, 5.41) is 7.97. The molecule has 4 nitrogen and oxygen atoms in total. The van der Waals surface area contributed by atoms with Crippen LogP contribution in [0.25, 0.3) is 11.4 Å². The van der Waals surface area contributed by atoms with E-state index in [0.717, 1.165) is 24.9 Å². The van der Waals surface area contributed by atoms with Crippen molar-refractivity contribution in [3.63, 3.8) is 0 Å². The number of hydrogen-bond acceptors (Lipinski definition) is 4. The first kappa shape index (κ1) is 14.0. The van der Waals surface area contributed by atoms with Gasteiger partial charge in [-0.05, 0) is 32.0 Å². The topological polar surface area (TPSA) is 51.0 Å². The third-order valence-electron chi connectivity index (χ3n) is 2.93. The Balaban J connectivity index is 2.02. The Kier molecular flexibility index (Phi) is 4.93. The number of benzene rings is 1. The van der Waals surface area contributed by atoms with Gasteiger partial charge in [-0.25, -0.2) is 0 Å². The van der Waals surface area contributed by atoms with Crippen LogP contribution in [-0.2, 0) is 6.42 Å². The summed E-state index contributed by atoms with van der Waals surface area (Å²) >= 11 is 6.11. The summed E-state index contributed by atoms with van der Waals surface area (Å²) in [5.74, 6) is 1.20. The Labute approximate surface area is 118 Å². The van der Waals surface area contributed by atoms with E-state index in [1.165, 1.54) is 0 Å². The van der Waals surface area contributed by atoms with Crippen LogP contribution in [0.5, 0.6) is 0 Å². The molecule has 1 atom stereocenters. The molecule has 0 bridgehead atoms. The summed E-state index contributed by atoms with van der Waals surface area (Å²) < 4.78 is 5.26. The fourth-order valence-electron chi connectivity index (χ4n) is 1.90. The largest absolute Gasteiger partial charge is 0.339 e. The number of hydrogen-bond donors (Lipinski definition) is 1. The summed E-state index contributed by atoms with van der Waals surface area (Å²) in [7, 11) is 0. The highest BCUT2D eigenvalue weighted by molar-refractivity contribution is 6.33. The minimum atomic E-state index is 0.445. The molecular formula is C14H18ClN3O. The van der Waals surface area contributed by atoms with E-state index in [2.05, 4.69) is 29.3 Å². The molecule has 1 heterocycles. The van der Waals surface area contributed by atoms with E-state index in [4.69, 9.17) is 16.1 Å². The van der Waals surface area contributed by atoms with Crippen LogP contribution in [0, 0.1) is 0 Å². The number of aromatic nitrogens is 2. The molecule has 1 aromatic heterocycles. The molecule has 2 rings (SSSR count). The van der Waals surface area contributed by atoms with E-state index >= 15 is 0 Å². The van der Waals surface area contributed by atoms with Crippen LogP contribution in [0.15, 0.2) is 28.8 Å². The predicted octanol–water partition coefficient (Wildman–Crippen LogP) is 3.32. The van der Waals surface area contributed by atoms with Crippen LogP contribution >= 0.6 is 11.6 Å². The van der Waals surface area contributed by atoms with Crippen LogP contribution in [0.2, 0.25) is 5.02 Å². The summed E-state index contributed by atoms with van der Waals surface area (Å²) in [6, 6.07) is 7.94. The van der Waals surface area contributed by atoms with Gasteiger partial charge in [-0.2, -0.15) is 4.98 Å². The molecule has 2 aromatic rings. The summed E-state index contributed by atoms with van der Waals surface area (Å²) in [6.45, 7) is 5.21. The van der Waals surface area contributed by atoms with Crippen LogP contribution in [0.3, 0.4) is 0 Å². The molecule has 19 heavy (non-hydrogen) atoms. The fraction of sp³-hybridized carbons (Fsp3) is 0.429. The van der Waals surface area contributed by atoms with Gasteiger partial charge in [0.2, 0.25) is 11.7 Å². The maximum atomic E-state index is 6.11. The molecule has 0 radical (unpaired) electrons. The van der Waals surface area contributed by atoms with Gasteiger partial charge in [-0.1, -0.05) is 35.8 Å². The number of nitrogens with zero attached hydrogens (tertiary/aromatic N) is 2. The second-order valence-electron chi connectivity index (χ2n) is 4.49. The molecule has 1 unspecified atom stereocenters. The van der Waals surface area contributed by atoms with Gasteiger partial charge in [-0.15, -0.1) is 0 Å². The number of aryl methyl sites for hydroxylation is 1. The predicted molar refractivity (Wildman–Crippen MR) is 76.2 cm³/mol. The molecule has 0 amide bonds. The first-order valence-electron chi connectivity index (χ1n) is 6.51. The molecule has 0 saturated carbocycles. The molecule has 0 aliphatic carbocycles. The van der Waals surface area contributed by atoms with E-state index in [0.29, 0.717) is 22.8 Å². The molecule has 0 saturated heterocycles. The lowest BCUT2D eigenvalue weighted by molar-refractivity contribution is 0.368. The second-order valence-corrected chi connectivity index (χ2v) is 4.90. The number of halogens is 1. The third-order valence-corrected chi connectivity index (χ3v) is 3.26. The van der Waals surface area contributed by atoms with Gasteiger partial charge in [0.05, 0.1) is 5.02 Å². The van der Waals surface area contributed by atoms with Crippen molar-refractivity contribution in [2.45, 2.75) is 32.7 Å². The van der Waals surface area contributed by atoms with Crippen molar-refractivity contribution in [2.75, 3.05) is 6.54 Å². The Bertz CT molecular complexity index is 527. The smallest absolute Gasteiger partial charge is 0.227 e. The van der Waals surface area contributed by atoms with Crippen LogP contribution in [0.1, 0.15) is 26.2 Å². The average Bonchev–Trinajstić information content (AvgIpc) is 2.86. The first-order chi connectivity index (χ1) is 9.20. The first-order valence-corrected chi connectivity index (χ1v) is 6.89. The van der Waals surface area contributed by atoms with E-state index in [1.54, 1.807) is 0 Å². The number of rotatable bonds is 6. The zero-order valence-corrected chi connectivity index (χ0v) is 11.9. The van der Waals surface area contributed by atoms with Gasteiger partial charge in [0.15, 0.2) is 0 Å². The summed E-state index contributed by atoms with van der Waals surface area (Å²) in [6.07, 6.45) is 1.74. The SMILES string of the molecule is CCNC(C)CCc1nc(-c2ccccc2Cl)no1. The van der Waals surface area contributed by atoms with Crippen LogP contribution in [0.4, 0.5) is 0 Å². The number of nitrogens with one attached hydrogen (secondary N) is 1. The Morgan fingerprint density at radius 3 is 2.89 bits per heavy atom. The molecule has 0 aliphatic rings. The molecule has 0 aliphatic heterocycles. The molecule has 1 aromatic carbocycles. The minimum Gasteiger partial charge on any atom is -0.339 e. The van der Waals surface area contributed by atoms with Crippen molar-refractivity contribution in [1.82, 2.24) is 15.5 Å². The van der Waals surface area contributed by atoms with Gasteiger partial charge in [0.25, 0.3) is 0 Å². The monoisotopic (exact) mass is 279 g/mol. The van der Waals surface area contributed by atoms with Gasteiger partial charge < -0.3 is 9.84 Å². The van der Waals surface area contributed by atoms with Gasteiger partial charge in [-0.3, -0.25) is 0 Å². The fourth-order valence-corrected chi connectivity index (χ4v) is 2.12. The van der Waals surface area contributed by atoms with Crippen LogP contribution in [-0.4, -0.2) is 22.7 Å². The highest BCUT2D eigenvalue weighted by atomic mass is 35.5. The molecule has 102 valence electrons.